The van der Waals surface area contributed by atoms with Crippen LogP contribution >= 0.6 is 0 Å². The monoisotopic (exact) mass is 677 g/mol. The van der Waals surface area contributed by atoms with Crippen molar-refractivity contribution in [3.8, 4) is 67.3 Å². The fourth-order valence-electron chi connectivity index (χ4n) is 8.14. The summed E-state index contributed by atoms with van der Waals surface area (Å²) < 4.78 is 0. The van der Waals surface area contributed by atoms with Gasteiger partial charge in [0.15, 0.2) is 5.82 Å². The molecule has 0 fully saturated rings. The van der Waals surface area contributed by atoms with Crippen LogP contribution in [0.15, 0.2) is 176 Å². The summed E-state index contributed by atoms with van der Waals surface area (Å²) in [4.78, 5) is 14.7. The van der Waals surface area contributed by atoms with Crippen molar-refractivity contribution in [2.24, 2.45) is 0 Å². The smallest absolute Gasteiger partial charge is 0.160 e. The first-order chi connectivity index (χ1) is 26.0. The van der Waals surface area contributed by atoms with Crippen LogP contribution in [-0.2, 0) is 5.41 Å². The predicted octanol–water partition coefficient (Wildman–Crippen LogP) is 12.8. The highest BCUT2D eigenvalue weighted by Gasteiger charge is 2.37. The van der Waals surface area contributed by atoms with Crippen LogP contribution in [0.1, 0.15) is 25.0 Å². The molecule has 7 aromatic carbocycles. The lowest BCUT2D eigenvalue weighted by Crippen LogP contribution is -2.14. The average Bonchev–Trinajstić information content (AvgIpc) is 3.45. The van der Waals surface area contributed by atoms with E-state index >= 15 is 0 Å². The maximum Gasteiger partial charge on any atom is 0.160 e. The van der Waals surface area contributed by atoms with Gasteiger partial charge in [0.2, 0.25) is 0 Å². The summed E-state index contributed by atoms with van der Waals surface area (Å²) in [5.41, 5.74) is 14.8. The number of benzene rings is 7. The Hall–Kier alpha value is -6.71. The highest BCUT2D eigenvalue weighted by Crippen LogP contribution is 2.53. The third kappa shape index (κ3) is 5.32. The molecule has 0 atom stereocenters. The van der Waals surface area contributed by atoms with Gasteiger partial charge in [0.25, 0.3) is 0 Å². The summed E-state index contributed by atoms with van der Waals surface area (Å²) in [7, 11) is 0. The molecule has 0 N–H and O–H groups in total. The topological polar surface area (TPSA) is 38.7 Å². The Kier molecular flexibility index (Phi) is 7.16. The third-order valence-electron chi connectivity index (χ3n) is 10.9. The minimum Gasteiger partial charge on any atom is -0.265 e. The van der Waals surface area contributed by atoms with Gasteiger partial charge >= 0.3 is 0 Å². The summed E-state index contributed by atoms with van der Waals surface area (Å²) in [5.74, 6) is 0.719. The Labute approximate surface area is 309 Å². The summed E-state index contributed by atoms with van der Waals surface area (Å²) in [5, 5.41) is 4.87. The Morgan fingerprint density at radius 1 is 0.377 bits per heavy atom. The van der Waals surface area contributed by atoms with Crippen molar-refractivity contribution in [3.63, 3.8) is 0 Å². The number of fused-ring (bicyclic) bond motifs is 5. The van der Waals surface area contributed by atoms with Crippen LogP contribution in [0.4, 0.5) is 0 Å². The van der Waals surface area contributed by atoms with Gasteiger partial charge in [-0.3, -0.25) is 4.98 Å². The molecule has 0 unspecified atom stereocenters. The standard InChI is InChI=1S/C50H35N3/c1-50(2)44-17-9-16-42(48(44)43-29-36-12-6-7-13-37(36)30-45(43)50)47-31-46(52-49(53-47)33-10-4-3-5-11-33)41-21-20-39-27-38(18-19-40(39)28-41)35-15-8-14-34(26-35)32-22-24-51-25-23-32/h3-31H,1-2H3. The first-order valence-electron chi connectivity index (χ1n) is 18.2. The van der Waals surface area contributed by atoms with Gasteiger partial charge in [-0.1, -0.05) is 129 Å². The van der Waals surface area contributed by atoms with Crippen molar-refractivity contribution in [2.75, 3.05) is 0 Å². The van der Waals surface area contributed by atoms with Gasteiger partial charge in [0.05, 0.1) is 11.4 Å². The van der Waals surface area contributed by atoms with Crippen LogP contribution in [0.3, 0.4) is 0 Å². The van der Waals surface area contributed by atoms with E-state index in [2.05, 4.69) is 177 Å². The maximum atomic E-state index is 5.28. The van der Waals surface area contributed by atoms with E-state index in [0.29, 0.717) is 0 Å². The molecule has 2 heterocycles. The zero-order valence-electron chi connectivity index (χ0n) is 29.6. The molecule has 2 aromatic heterocycles. The van der Waals surface area contributed by atoms with Crippen molar-refractivity contribution in [1.82, 2.24) is 15.0 Å². The first kappa shape index (κ1) is 31.1. The van der Waals surface area contributed by atoms with E-state index < -0.39 is 0 Å². The van der Waals surface area contributed by atoms with Crippen molar-refractivity contribution in [3.05, 3.63) is 187 Å². The fraction of sp³-hybridized carbons (Fsp3) is 0.0600. The van der Waals surface area contributed by atoms with Gasteiger partial charge in [-0.05, 0) is 115 Å². The highest BCUT2D eigenvalue weighted by molar-refractivity contribution is 5.99. The van der Waals surface area contributed by atoms with Gasteiger partial charge in [-0.2, -0.15) is 0 Å². The van der Waals surface area contributed by atoms with E-state index in [1.54, 1.807) is 0 Å². The van der Waals surface area contributed by atoms with E-state index in [1.165, 1.54) is 60.5 Å². The van der Waals surface area contributed by atoms with Gasteiger partial charge in [-0.25, -0.2) is 9.97 Å². The SMILES string of the molecule is CC1(C)c2cc3ccccc3cc2-c2c(-c3cc(-c4ccc5cc(-c6cccc(-c7ccncc7)c6)ccc5c4)nc(-c4ccccc4)n3)cccc21. The van der Waals surface area contributed by atoms with Gasteiger partial charge in [0.1, 0.15) is 0 Å². The van der Waals surface area contributed by atoms with E-state index in [1.807, 2.05) is 18.5 Å². The lowest BCUT2D eigenvalue weighted by atomic mass is 9.81. The zero-order chi connectivity index (χ0) is 35.5. The molecule has 0 bridgehead atoms. The normalized spacial score (nSPS) is 12.9. The number of aromatic nitrogens is 3. The molecule has 250 valence electrons. The lowest BCUT2D eigenvalue weighted by molar-refractivity contribution is 0.661. The molecule has 0 amide bonds. The van der Waals surface area contributed by atoms with E-state index in [4.69, 9.17) is 9.97 Å². The number of hydrogen-bond donors (Lipinski definition) is 0. The maximum absolute atomic E-state index is 5.28. The summed E-state index contributed by atoms with van der Waals surface area (Å²) in [6.07, 6.45) is 3.68. The summed E-state index contributed by atoms with van der Waals surface area (Å²) in [6, 6.07) is 58.8. The Morgan fingerprint density at radius 3 is 1.77 bits per heavy atom. The van der Waals surface area contributed by atoms with E-state index in [0.717, 1.165) is 39.5 Å². The number of nitrogens with zero attached hydrogens (tertiary/aromatic N) is 3. The largest absolute Gasteiger partial charge is 0.265 e. The molecule has 0 spiro atoms. The first-order valence-corrected chi connectivity index (χ1v) is 18.2. The van der Waals surface area contributed by atoms with Crippen molar-refractivity contribution in [1.29, 1.82) is 0 Å². The van der Waals surface area contributed by atoms with E-state index in [9.17, 15) is 0 Å². The molecule has 1 aliphatic rings. The molecule has 0 aliphatic heterocycles. The second-order valence-electron chi connectivity index (χ2n) is 14.5. The number of hydrogen-bond acceptors (Lipinski definition) is 3. The minimum atomic E-state index is -0.139. The second kappa shape index (κ2) is 12.2. The summed E-state index contributed by atoms with van der Waals surface area (Å²) in [6.45, 7) is 4.68. The molecule has 0 radical (unpaired) electrons. The van der Waals surface area contributed by atoms with Crippen LogP contribution in [0.2, 0.25) is 0 Å². The Bertz CT molecular complexity index is 2860. The fourth-order valence-corrected chi connectivity index (χ4v) is 8.14. The Balaban J connectivity index is 1.10. The molecule has 10 rings (SSSR count). The van der Waals surface area contributed by atoms with Crippen LogP contribution in [0, 0.1) is 0 Å². The quantitative estimate of drug-likeness (QED) is 0.182. The van der Waals surface area contributed by atoms with Crippen molar-refractivity contribution >= 4 is 21.5 Å². The van der Waals surface area contributed by atoms with Crippen molar-refractivity contribution in [2.45, 2.75) is 19.3 Å². The van der Waals surface area contributed by atoms with Gasteiger partial charge < -0.3 is 0 Å². The number of rotatable bonds is 5. The molecule has 0 saturated heterocycles. The second-order valence-corrected chi connectivity index (χ2v) is 14.5. The highest BCUT2D eigenvalue weighted by atomic mass is 14.9. The zero-order valence-corrected chi connectivity index (χ0v) is 29.6. The average molecular weight is 678 g/mol. The van der Waals surface area contributed by atoms with Crippen LogP contribution in [-0.4, -0.2) is 15.0 Å². The predicted molar refractivity (Wildman–Crippen MR) is 220 cm³/mol. The van der Waals surface area contributed by atoms with Crippen LogP contribution < -0.4 is 0 Å². The molecule has 3 heteroatoms. The van der Waals surface area contributed by atoms with Crippen LogP contribution in [0.25, 0.3) is 88.8 Å². The molecule has 9 aromatic rings. The minimum absolute atomic E-state index is 0.139. The van der Waals surface area contributed by atoms with E-state index in [-0.39, 0.29) is 5.41 Å². The Morgan fingerprint density at radius 2 is 0.981 bits per heavy atom. The van der Waals surface area contributed by atoms with Gasteiger partial charge in [0, 0.05) is 34.5 Å². The third-order valence-corrected chi connectivity index (χ3v) is 10.9. The van der Waals surface area contributed by atoms with Gasteiger partial charge in [-0.15, -0.1) is 0 Å². The lowest BCUT2D eigenvalue weighted by Gasteiger charge is -2.22. The molecular weight excluding hydrogens is 643 g/mol. The molecule has 3 nitrogen and oxygen atoms in total. The van der Waals surface area contributed by atoms with Crippen LogP contribution in [0.5, 0.6) is 0 Å². The molecule has 0 saturated carbocycles. The van der Waals surface area contributed by atoms with Crippen molar-refractivity contribution < 1.29 is 0 Å². The number of pyridine rings is 1. The molecule has 1 aliphatic carbocycles. The molecule has 53 heavy (non-hydrogen) atoms. The molecular formula is C50H35N3. The summed E-state index contributed by atoms with van der Waals surface area (Å²) >= 11 is 0.